The van der Waals surface area contributed by atoms with E-state index in [0.717, 1.165) is 21.5 Å². The van der Waals surface area contributed by atoms with E-state index in [9.17, 15) is 4.79 Å². The second-order valence-electron chi connectivity index (χ2n) is 5.09. The maximum atomic E-state index is 12.3. The number of ether oxygens (including phenoxy) is 1. The molecule has 0 atom stereocenters. The van der Waals surface area contributed by atoms with Crippen molar-refractivity contribution in [1.29, 1.82) is 0 Å². The maximum absolute atomic E-state index is 12.3. The van der Waals surface area contributed by atoms with Crippen LogP contribution in [0, 0.1) is 0 Å². The Kier molecular flexibility index (Phi) is 5.37. The molecule has 4 nitrogen and oxygen atoms in total. The monoisotopic (exact) mass is 405 g/mol. The fourth-order valence-electron chi connectivity index (χ4n) is 2.26. The van der Waals surface area contributed by atoms with Crippen LogP contribution in [0.15, 0.2) is 57.6 Å². The maximum Gasteiger partial charge on any atom is 0.252 e. The first-order chi connectivity index (χ1) is 11.7. The van der Waals surface area contributed by atoms with Crippen LogP contribution in [0.25, 0.3) is 10.6 Å². The largest absolute Gasteiger partial charge is 0.497 e. The molecule has 0 saturated carbocycles. The van der Waals surface area contributed by atoms with Gasteiger partial charge in [-0.2, -0.15) is 0 Å². The van der Waals surface area contributed by atoms with E-state index in [0.29, 0.717) is 17.9 Å². The van der Waals surface area contributed by atoms with Gasteiger partial charge in [0.05, 0.1) is 23.8 Å². The number of carbonyl (C=O) groups excluding carboxylic acids is 1. The lowest BCUT2D eigenvalue weighted by Gasteiger charge is -2.08. The Labute approximate surface area is 152 Å². The Morgan fingerprint density at radius 2 is 2.17 bits per heavy atom. The van der Waals surface area contributed by atoms with E-state index in [4.69, 9.17) is 9.15 Å². The third-order valence-electron chi connectivity index (χ3n) is 3.50. The quantitative estimate of drug-likeness (QED) is 0.643. The number of rotatable bonds is 6. The number of hydrogen-bond donors (Lipinski definition) is 1. The predicted octanol–water partition coefficient (Wildman–Crippen LogP) is 4.75. The highest BCUT2D eigenvalue weighted by atomic mass is 79.9. The van der Waals surface area contributed by atoms with Gasteiger partial charge in [-0.05, 0) is 64.8 Å². The van der Waals surface area contributed by atoms with Crippen molar-refractivity contribution in [1.82, 2.24) is 5.32 Å². The highest BCUT2D eigenvalue weighted by molar-refractivity contribution is 9.10. The first-order valence-electron chi connectivity index (χ1n) is 7.41. The molecule has 0 saturated heterocycles. The second-order valence-corrected chi connectivity index (χ2v) is 7.12. The Morgan fingerprint density at radius 3 is 2.92 bits per heavy atom. The molecule has 2 aromatic heterocycles. The van der Waals surface area contributed by atoms with Gasteiger partial charge in [0, 0.05) is 15.9 Å². The van der Waals surface area contributed by atoms with Crippen molar-refractivity contribution >= 4 is 33.2 Å². The van der Waals surface area contributed by atoms with Gasteiger partial charge in [0.2, 0.25) is 0 Å². The van der Waals surface area contributed by atoms with E-state index in [-0.39, 0.29) is 5.91 Å². The van der Waals surface area contributed by atoms with Crippen LogP contribution in [-0.2, 0) is 6.42 Å². The minimum Gasteiger partial charge on any atom is -0.497 e. The summed E-state index contributed by atoms with van der Waals surface area (Å²) in [5.41, 5.74) is 0.566. The lowest BCUT2D eigenvalue weighted by molar-refractivity contribution is 0.0953. The molecule has 124 valence electrons. The van der Waals surface area contributed by atoms with Gasteiger partial charge in [-0.15, -0.1) is 11.3 Å². The average Bonchev–Trinajstić information content (AvgIpc) is 3.26. The lowest BCUT2D eigenvalue weighted by Crippen LogP contribution is -2.25. The molecule has 2 heterocycles. The van der Waals surface area contributed by atoms with Crippen LogP contribution in [0.2, 0.25) is 0 Å². The van der Waals surface area contributed by atoms with Crippen molar-refractivity contribution in [2.45, 2.75) is 6.42 Å². The van der Waals surface area contributed by atoms with Gasteiger partial charge in [0.25, 0.3) is 5.91 Å². The summed E-state index contributed by atoms with van der Waals surface area (Å²) in [6.45, 7) is 0.570. The third kappa shape index (κ3) is 3.88. The molecule has 0 radical (unpaired) electrons. The molecule has 0 unspecified atom stereocenters. The first kappa shape index (κ1) is 16.8. The second kappa shape index (κ2) is 7.68. The molecule has 3 aromatic rings. The highest BCUT2D eigenvalue weighted by Crippen LogP contribution is 2.28. The van der Waals surface area contributed by atoms with Gasteiger partial charge in [0.15, 0.2) is 0 Å². The summed E-state index contributed by atoms with van der Waals surface area (Å²) in [5, 5.41) is 2.94. The number of benzene rings is 1. The number of nitrogens with one attached hydrogen (secondary N) is 1. The van der Waals surface area contributed by atoms with Gasteiger partial charge in [-0.25, -0.2) is 0 Å². The molecule has 1 N–H and O–H groups in total. The molecule has 0 aliphatic carbocycles. The SMILES string of the molecule is COc1ccc(Br)c(C(=O)NCCc2ccc(-c3ccco3)s2)c1. The number of amides is 1. The molecular formula is C18H16BrNO3S. The molecule has 3 rings (SSSR count). The fraction of sp³-hybridized carbons (Fsp3) is 0.167. The number of thiophene rings is 1. The zero-order valence-corrected chi connectivity index (χ0v) is 15.4. The standard InChI is InChI=1S/C18H16BrNO3S/c1-22-12-4-6-15(19)14(11-12)18(21)20-9-8-13-5-7-17(24-13)16-3-2-10-23-16/h2-7,10-11H,8-9H2,1H3,(H,20,21). The van der Waals surface area contributed by atoms with Crippen molar-refractivity contribution in [2.24, 2.45) is 0 Å². The summed E-state index contributed by atoms with van der Waals surface area (Å²) >= 11 is 5.07. The van der Waals surface area contributed by atoms with Crippen LogP contribution in [0.4, 0.5) is 0 Å². The Hall–Kier alpha value is -2.05. The van der Waals surface area contributed by atoms with Gasteiger partial charge in [0.1, 0.15) is 11.5 Å². The normalized spacial score (nSPS) is 10.6. The molecule has 0 bridgehead atoms. The lowest BCUT2D eigenvalue weighted by atomic mass is 10.2. The number of halogens is 1. The van der Waals surface area contributed by atoms with E-state index in [1.165, 1.54) is 4.88 Å². The van der Waals surface area contributed by atoms with Crippen molar-refractivity contribution in [3.8, 4) is 16.4 Å². The van der Waals surface area contributed by atoms with E-state index in [1.54, 1.807) is 30.8 Å². The highest BCUT2D eigenvalue weighted by Gasteiger charge is 2.11. The topological polar surface area (TPSA) is 51.5 Å². The average molecular weight is 406 g/mol. The summed E-state index contributed by atoms with van der Waals surface area (Å²) in [5.74, 6) is 1.41. The van der Waals surface area contributed by atoms with E-state index in [1.807, 2.05) is 30.3 Å². The number of furan rings is 1. The van der Waals surface area contributed by atoms with E-state index in [2.05, 4.69) is 27.3 Å². The van der Waals surface area contributed by atoms with Crippen LogP contribution in [0.5, 0.6) is 5.75 Å². The van der Waals surface area contributed by atoms with Gasteiger partial charge in [-0.3, -0.25) is 4.79 Å². The van der Waals surface area contributed by atoms with Gasteiger partial charge < -0.3 is 14.5 Å². The van der Waals surface area contributed by atoms with Crippen LogP contribution in [0.1, 0.15) is 15.2 Å². The minimum absolute atomic E-state index is 0.122. The molecular weight excluding hydrogens is 390 g/mol. The van der Waals surface area contributed by atoms with Gasteiger partial charge in [-0.1, -0.05) is 0 Å². The van der Waals surface area contributed by atoms with Crippen molar-refractivity contribution in [2.75, 3.05) is 13.7 Å². The summed E-state index contributed by atoms with van der Waals surface area (Å²) in [6, 6.07) is 13.3. The molecule has 24 heavy (non-hydrogen) atoms. The van der Waals surface area contributed by atoms with Crippen molar-refractivity contribution in [3.05, 3.63) is 63.6 Å². The van der Waals surface area contributed by atoms with Gasteiger partial charge >= 0.3 is 0 Å². The number of hydrogen-bond acceptors (Lipinski definition) is 4. The Balaban J connectivity index is 1.57. The molecule has 0 aliphatic heterocycles. The summed E-state index contributed by atoms with van der Waals surface area (Å²) in [6.07, 6.45) is 2.44. The zero-order valence-electron chi connectivity index (χ0n) is 13.0. The number of methoxy groups -OCH3 is 1. The smallest absolute Gasteiger partial charge is 0.252 e. The molecule has 1 aromatic carbocycles. The third-order valence-corrected chi connectivity index (χ3v) is 5.35. The first-order valence-corrected chi connectivity index (χ1v) is 9.02. The summed E-state index contributed by atoms with van der Waals surface area (Å²) in [4.78, 5) is 14.6. The van der Waals surface area contributed by atoms with Crippen LogP contribution >= 0.6 is 27.3 Å². The van der Waals surface area contributed by atoms with Crippen LogP contribution < -0.4 is 10.1 Å². The summed E-state index contributed by atoms with van der Waals surface area (Å²) in [7, 11) is 1.58. The van der Waals surface area contributed by atoms with E-state index >= 15 is 0 Å². The van der Waals surface area contributed by atoms with Crippen LogP contribution in [0.3, 0.4) is 0 Å². The molecule has 6 heteroatoms. The van der Waals surface area contributed by atoms with E-state index < -0.39 is 0 Å². The predicted molar refractivity (Wildman–Crippen MR) is 98.8 cm³/mol. The molecule has 0 spiro atoms. The Morgan fingerprint density at radius 1 is 1.29 bits per heavy atom. The van der Waals surface area contributed by atoms with Crippen molar-refractivity contribution < 1.29 is 13.9 Å². The molecule has 0 aliphatic rings. The van der Waals surface area contributed by atoms with Crippen molar-refractivity contribution in [3.63, 3.8) is 0 Å². The van der Waals surface area contributed by atoms with Crippen LogP contribution in [-0.4, -0.2) is 19.6 Å². The zero-order chi connectivity index (χ0) is 16.9. The minimum atomic E-state index is -0.122. The Bertz CT molecular complexity index is 827. The summed E-state index contributed by atoms with van der Waals surface area (Å²) < 4.78 is 11.3. The molecule has 0 fully saturated rings. The molecule has 1 amide bonds. The number of carbonyl (C=O) groups is 1. The fourth-order valence-corrected chi connectivity index (χ4v) is 3.67.